The van der Waals surface area contributed by atoms with Gasteiger partial charge in [-0.05, 0) is 37.6 Å². The van der Waals surface area contributed by atoms with E-state index in [4.69, 9.17) is 21.2 Å². The molecule has 0 aliphatic carbocycles. The molecule has 1 heterocycles. The molecule has 1 amide bonds. The summed E-state index contributed by atoms with van der Waals surface area (Å²) in [7, 11) is 0. The molecule has 2 N–H and O–H groups in total. The Labute approximate surface area is 137 Å². The highest BCUT2D eigenvalue weighted by atomic mass is 35.5. The topological polar surface area (TPSA) is 105 Å². The van der Waals surface area contributed by atoms with Gasteiger partial charge in [0, 0.05) is 23.4 Å². The fourth-order valence-electron chi connectivity index (χ4n) is 1.85. The fourth-order valence-corrected chi connectivity index (χ4v) is 1.97. The van der Waals surface area contributed by atoms with Crippen molar-refractivity contribution in [1.82, 2.24) is 15.5 Å². The molecule has 0 fully saturated rings. The Kier molecular flexibility index (Phi) is 5.70. The van der Waals surface area contributed by atoms with Crippen LogP contribution < -0.4 is 5.32 Å². The highest BCUT2D eigenvalue weighted by Gasteiger charge is 2.14. The minimum atomic E-state index is -1.07. The molecule has 8 heteroatoms. The van der Waals surface area contributed by atoms with Gasteiger partial charge in [-0.25, -0.2) is 0 Å². The van der Waals surface area contributed by atoms with E-state index in [2.05, 4.69) is 15.5 Å². The number of carbonyl (C=O) groups excluding carboxylic acids is 1. The number of carboxylic acid groups (broad SMARTS) is 1. The summed E-state index contributed by atoms with van der Waals surface area (Å²) in [4.78, 5) is 26.4. The quantitative estimate of drug-likeness (QED) is 0.803. The third-order valence-electron chi connectivity index (χ3n) is 3.11. The molecule has 0 aliphatic heterocycles. The maximum atomic E-state index is 11.6. The first-order valence-electron chi connectivity index (χ1n) is 7.06. The van der Waals surface area contributed by atoms with Gasteiger partial charge in [0.05, 0.1) is 0 Å². The summed E-state index contributed by atoms with van der Waals surface area (Å²) in [6.07, 6.45) is 1.12. The summed E-state index contributed by atoms with van der Waals surface area (Å²) in [6, 6.07) is 6.15. The number of nitrogens with one attached hydrogen (secondary N) is 1. The van der Waals surface area contributed by atoms with Crippen LogP contribution in [0.2, 0.25) is 5.02 Å². The van der Waals surface area contributed by atoms with Gasteiger partial charge in [0.1, 0.15) is 6.04 Å². The predicted molar refractivity (Wildman–Crippen MR) is 82.9 cm³/mol. The van der Waals surface area contributed by atoms with Gasteiger partial charge in [-0.3, -0.25) is 9.59 Å². The van der Waals surface area contributed by atoms with Gasteiger partial charge in [0.2, 0.25) is 17.6 Å². The minimum absolute atomic E-state index is 0.191. The van der Waals surface area contributed by atoms with Crippen LogP contribution in [-0.4, -0.2) is 33.2 Å². The van der Waals surface area contributed by atoms with Crippen molar-refractivity contribution in [2.45, 2.75) is 32.2 Å². The molecule has 0 bridgehead atoms. The largest absolute Gasteiger partial charge is 0.480 e. The maximum Gasteiger partial charge on any atom is 0.325 e. The molecule has 0 saturated carbocycles. The van der Waals surface area contributed by atoms with Crippen molar-refractivity contribution in [3.63, 3.8) is 0 Å². The molecule has 7 nitrogen and oxygen atoms in total. The predicted octanol–water partition coefficient (Wildman–Crippen LogP) is 2.30. The molecular formula is C15H16ClN3O4. The first-order chi connectivity index (χ1) is 11.0. The molecule has 1 aromatic carbocycles. The van der Waals surface area contributed by atoms with Gasteiger partial charge in [-0.15, -0.1) is 0 Å². The van der Waals surface area contributed by atoms with E-state index < -0.39 is 12.0 Å². The standard InChI is InChI=1S/C15H16ClN3O4/c1-9(15(21)22)17-12(20)3-2-4-13-18-14(19-23-13)10-5-7-11(16)8-6-10/h5-9H,2-4H2,1H3,(H,17,20)(H,21,22)/t9-/m0/s1. The van der Waals surface area contributed by atoms with Crippen LogP contribution in [0.1, 0.15) is 25.7 Å². The Balaban J connectivity index is 1.82. The van der Waals surface area contributed by atoms with E-state index in [1.165, 1.54) is 6.92 Å². The smallest absolute Gasteiger partial charge is 0.325 e. The van der Waals surface area contributed by atoms with E-state index in [-0.39, 0.29) is 12.3 Å². The van der Waals surface area contributed by atoms with Gasteiger partial charge in [0.15, 0.2) is 0 Å². The van der Waals surface area contributed by atoms with E-state index in [0.29, 0.717) is 29.6 Å². The average Bonchev–Trinajstić information content (AvgIpc) is 2.96. The summed E-state index contributed by atoms with van der Waals surface area (Å²) in [6.45, 7) is 1.41. The Bertz CT molecular complexity index is 684. The lowest BCUT2D eigenvalue weighted by Gasteiger charge is -2.08. The van der Waals surface area contributed by atoms with Crippen LogP contribution in [-0.2, 0) is 16.0 Å². The number of hydrogen-bond donors (Lipinski definition) is 2. The van der Waals surface area contributed by atoms with Crippen molar-refractivity contribution in [1.29, 1.82) is 0 Å². The fraction of sp³-hybridized carbons (Fsp3) is 0.333. The van der Waals surface area contributed by atoms with E-state index >= 15 is 0 Å². The molecule has 0 saturated heterocycles. The zero-order chi connectivity index (χ0) is 16.8. The Morgan fingerprint density at radius 1 is 1.35 bits per heavy atom. The van der Waals surface area contributed by atoms with Crippen LogP contribution in [0.3, 0.4) is 0 Å². The molecule has 0 spiro atoms. The van der Waals surface area contributed by atoms with E-state index in [0.717, 1.165) is 5.56 Å². The normalized spacial score (nSPS) is 11.9. The minimum Gasteiger partial charge on any atom is -0.480 e. The van der Waals surface area contributed by atoms with Crippen LogP contribution >= 0.6 is 11.6 Å². The monoisotopic (exact) mass is 337 g/mol. The lowest BCUT2D eigenvalue weighted by Crippen LogP contribution is -2.38. The van der Waals surface area contributed by atoms with Crippen molar-refractivity contribution in [2.75, 3.05) is 0 Å². The summed E-state index contributed by atoms with van der Waals surface area (Å²) in [5.41, 5.74) is 0.789. The first kappa shape index (κ1) is 17.0. The molecule has 122 valence electrons. The second kappa shape index (κ2) is 7.73. The first-order valence-corrected chi connectivity index (χ1v) is 7.44. The summed E-state index contributed by atoms with van der Waals surface area (Å²) in [5, 5.41) is 15.6. The lowest BCUT2D eigenvalue weighted by atomic mass is 10.2. The zero-order valence-electron chi connectivity index (χ0n) is 12.5. The summed E-state index contributed by atoms with van der Waals surface area (Å²) >= 11 is 5.82. The average molecular weight is 338 g/mol. The van der Waals surface area contributed by atoms with Gasteiger partial charge >= 0.3 is 5.97 Å². The van der Waals surface area contributed by atoms with E-state index in [1.807, 2.05) is 0 Å². The Morgan fingerprint density at radius 2 is 2.04 bits per heavy atom. The number of hydrogen-bond acceptors (Lipinski definition) is 5. The van der Waals surface area contributed by atoms with Crippen LogP contribution in [0.5, 0.6) is 0 Å². The number of aliphatic carboxylic acids is 1. The van der Waals surface area contributed by atoms with Crippen molar-refractivity contribution in [3.05, 3.63) is 35.2 Å². The molecule has 1 atom stereocenters. The van der Waals surface area contributed by atoms with Crippen molar-refractivity contribution in [3.8, 4) is 11.4 Å². The number of aryl methyl sites for hydroxylation is 1. The number of halogens is 1. The van der Waals surface area contributed by atoms with Crippen LogP contribution in [0.25, 0.3) is 11.4 Å². The molecule has 2 aromatic rings. The molecule has 23 heavy (non-hydrogen) atoms. The zero-order valence-corrected chi connectivity index (χ0v) is 13.2. The maximum absolute atomic E-state index is 11.6. The van der Waals surface area contributed by atoms with Gasteiger partial charge in [-0.2, -0.15) is 4.98 Å². The van der Waals surface area contributed by atoms with Crippen LogP contribution in [0.4, 0.5) is 0 Å². The van der Waals surface area contributed by atoms with Crippen LogP contribution in [0.15, 0.2) is 28.8 Å². The number of carboxylic acids is 1. The van der Waals surface area contributed by atoms with E-state index in [9.17, 15) is 9.59 Å². The number of rotatable bonds is 7. The second-order valence-corrected chi connectivity index (χ2v) is 5.44. The summed E-state index contributed by atoms with van der Waals surface area (Å²) in [5.74, 6) is -0.505. The van der Waals surface area contributed by atoms with Crippen molar-refractivity contribution in [2.24, 2.45) is 0 Å². The molecule has 0 unspecified atom stereocenters. The number of benzene rings is 1. The van der Waals surface area contributed by atoms with Crippen molar-refractivity contribution >= 4 is 23.5 Å². The highest BCUT2D eigenvalue weighted by Crippen LogP contribution is 2.19. The number of aromatic nitrogens is 2. The second-order valence-electron chi connectivity index (χ2n) is 5.00. The Hall–Kier alpha value is -2.41. The van der Waals surface area contributed by atoms with Crippen molar-refractivity contribution < 1.29 is 19.2 Å². The molecule has 2 rings (SSSR count). The Morgan fingerprint density at radius 3 is 2.70 bits per heavy atom. The van der Waals surface area contributed by atoms with Gasteiger partial charge in [-0.1, -0.05) is 16.8 Å². The SMILES string of the molecule is C[C@H](NC(=O)CCCc1nc(-c2ccc(Cl)cc2)no1)C(=O)O. The third-order valence-corrected chi connectivity index (χ3v) is 3.36. The molecule has 0 radical (unpaired) electrons. The van der Waals surface area contributed by atoms with E-state index in [1.54, 1.807) is 24.3 Å². The number of amides is 1. The molecular weight excluding hydrogens is 322 g/mol. The third kappa shape index (κ3) is 5.07. The number of nitrogens with zero attached hydrogens (tertiary/aromatic N) is 2. The van der Waals surface area contributed by atoms with Gasteiger partial charge < -0.3 is 14.9 Å². The summed E-state index contributed by atoms with van der Waals surface area (Å²) < 4.78 is 5.13. The highest BCUT2D eigenvalue weighted by molar-refractivity contribution is 6.30. The van der Waals surface area contributed by atoms with Gasteiger partial charge in [0.25, 0.3) is 0 Å². The number of carbonyl (C=O) groups is 2. The molecule has 0 aliphatic rings. The lowest BCUT2D eigenvalue weighted by molar-refractivity contribution is -0.141. The van der Waals surface area contributed by atoms with Crippen LogP contribution in [0, 0.1) is 0 Å². The molecule has 1 aromatic heterocycles.